The SMILES string of the molecule is Cc1cc(CNC(=O)c2nc3n(c(=O)c2O)CC2(N4CCN(CC(F)(F)F)CC4)CCC3(N(C)C(=O)C(=O)N(C)C)CC2)ccc1F. The molecule has 6 rings (SSSR count). The number of aryl methyl sites for hydroxylation is 1. The predicted molar refractivity (Wildman–Crippen MR) is 161 cm³/mol. The fourth-order valence-corrected chi connectivity index (χ4v) is 7.16. The highest BCUT2D eigenvalue weighted by Crippen LogP contribution is 2.50. The number of fused-ring (bicyclic) bond motifs is 2. The number of aromatic nitrogens is 2. The highest BCUT2D eigenvalue weighted by atomic mass is 19.4. The average molecular weight is 666 g/mol. The molecule has 4 aliphatic rings. The van der Waals surface area contributed by atoms with Crippen LogP contribution >= 0.6 is 0 Å². The van der Waals surface area contributed by atoms with Crippen LogP contribution in [0.1, 0.15) is 53.1 Å². The van der Waals surface area contributed by atoms with Gasteiger partial charge in [-0.3, -0.25) is 33.5 Å². The number of alkyl halides is 3. The predicted octanol–water partition coefficient (Wildman–Crippen LogP) is 1.57. The first-order chi connectivity index (χ1) is 22.0. The van der Waals surface area contributed by atoms with Gasteiger partial charge in [0.1, 0.15) is 17.2 Å². The maximum atomic E-state index is 13.9. The second-order valence-corrected chi connectivity index (χ2v) is 13.0. The number of piperazine rings is 1. The van der Waals surface area contributed by atoms with E-state index in [-0.39, 0.29) is 44.8 Å². The Morgan fingerprint density at radius 1 is 1.02 bits per heavy atom. The van der Waals surface area contributed by atoms with Crippen LogP contribution in [0.4, 0.5) is 17.6 Å². The number of nitrogens with one attached hydrogen (secondary N) is 1. The Morgan fingerprint density at radius 2 is 1.66 bits per heavy atom. The molecule has 1 saturated heterocycles. The smallest absolute Gasteiger partial charge is 0.401 e. The van der Waals surface area contributed by atoms with Crippen molar-refractivity contribution in [3.8, 4) is 5.75 Å². The fourth-order valence-electron chi connectivity index (χ4n) is 7.16. The maximum Gasteiger partial charge on any atom is 0.401 e. The van der Waals surface area contributed by atoms with E-state index in [4.69, 9.17) is 0 Å². The number of nitrogens with zero attached hydrogens (tertiary/aromatic N) is 6. The van der Waals surface area contributed by atoms with Gasteiger partial charge in [-0.2, -0.15) is 13.2 Å². The standard InChI is InChI=1S/C31H39F4N7O5/c1-19-15-20(5-6-21(19)32)16-36-24(44)22-23(43)25(45)42-17-29(41-13-11-40(12-14-41)18-31(33,34)35)7-9-30(10-8-29,28(42)37-22)39(4)27(47)26(46)38(2)3/h5-6,15,43H,7-14,16-18H2,1-4H3,(H,36,44). The molecule has 47 heavy (non-hydrogen) atoms. The lowest BCUT2D eigenvalue weighted by molar-refractivity contribution is -0.156. The number of aromatic hydroxyl groups is 1. The van der Waals surface area contributed by atoms with Crippen molar-refractivity contribution in [2.24, 2.45) is 0 Å². The van der Waals surface area contributed by atoms with Gasteiger partial charge in [0.2, 0.25) is 5.75 Å². The lowest BCUT2D eigenvalue weighted by Gasteiger charge is -2.52. The zero-order valence-electron chi connectivity index (χ0n) is 26.8. The number of likely N-dealkylation sites (N-methyl/N-ethyl adjacent to an activating group) is 2. The molecule has 0 atom stereocenters. The average Bonchev–Trinajstić information content (AvgIpc) is 3.26. The Labute approximate surface area is 268 Å². The molecule has 2 aromatic rings. The molecular formula is C31H39F4N7O5. The molecule has 1 aliphatic carbocycles. The molecule has 4 heterocycles. The van der Waals surface area contributed by atoms with Gasteiger partial charge in [-0.15, -0.1) is 0 Å². The Balaban J connectivity index is 1.53. The van der Waals surface area contributed by atoms with E-state index in [2.05, 4.69) is 15.2 Å². The first-order valence-corrected chi connectivity index (χ1v) is 15.4. The zero-order chi connectivity index (χ0) is 34.5. The Kier molecular flexibility index (Phi) is 9.14. The summed E-state index contributed by atoms with van der Waals surface area (Å²) in [4.78, 5) is 63.9. The summed E-state index contributed by atoms with van der Waals surface area (Å²) in [6.45, 7) is 1.47. The number of amides is 3. The molecule has 3 aliphatic heterocycles. The molecule has 12 nitrogen and oxygen atoms in total. The molecule has 2 N–H and O–H groups in total. The monoisotopic (exact) mass is 665 g/mol. The van der Waals surface area contributed by atoms with Gasteiger partial charge in [-0.25, -0.2) is 9.37 Å². The topological polar surface area (TPSA) is 131 Å². The Bertz CT molecular complexity index is 1630. The van der Waals surface area contributed by atoms with Gasteiger partial charge < -0.3 is 20.2 Å². The summed E-state index contributed by atoms with van der Waals surface area (Å²) >= 11 is 0. The van der Waals surface area contributed by atoms with E-state index in [1.807, 2.05) is 0 Å². The van der Waals surface area contributed by atoms with Crippen LogP contribution in [0.2, 0.25) is 0 Å². The summed E-state index contributed by atoms with van der Waals surface area (Å²) in [5.74, 6) is -3.79. The number of carbonyl (C=O) groups is 3. The van der Waals surface area contributed by atoms with E-state index >= 15 is 0 Å². The lowest BCUT2D eigenvalue weighted by atomic mass is 9.71. The molecule has 1 saturated carbocycles. The highest BCUT2D eigenvalue weighted by molar-refractivity contribution is 6.34. The third-order valence-corrected chi connectivity index (χ3v) is 9.89. The normalized spacial score (nSPS) is 23.1. The van der Waals surface area contributed by atoms with E-state index in [0.717, 1.165) is 4.90 Å². The number of carbonyl (C=O) groups excluding carboxylic acids is 3. The first-order valence-electron chi connectivity index (χ1n) is 15.4. The van der Waals surface area contributed by atoms with Gasteiger partial charge in [0.05, 0.1) is 6.54 Å². The molecule has 2 fully saturated rings. The van der Waals surface area contributed by atoms with E-state index in [1.165, 1.54) is 47.6 Å². The third-order valence-electron chi connectivity index (χ3n) is 9.89. The zero-order valence-corrected chi connectivity index (χ0v) is 26.8. The highest BCUT2D eigenvalue weighted by Gasteiger charge is 2.56. The van der Waals surface area contributed by atoms with Gasteiger partial charge in [0.15, 0.2) is 5.69 Å². The van der Waals surface area contributed by atoms with E-state index in [1.54, 1.807) is 13.0 Å². The van der Waals surface area contributed by atoms with E-state index in [9.17, 15) is 41.8 Å². The number of hydrogen-bond donors (Lipinski definition) is 2. The van der Waals surface area contributed by atoms with Gasteiger partial charge >= 0.3 is 18.0 Å². The molecule has 2 bridgehead atoms. The second-order valence-electron chi connectivity index (χ2n) is 13.0. The quantitative estimate of drug-likeness (QED) is 0.352. The first kappa shape index (κ1) is 34.3. The van der Waals surface area contributed by atoms with Crippen LogP contribution in [0, 0.1) is 12.7 Å². The molecular weight excluding hydrogens is 626 g/mol. The van der Waals surface area contributed by atoms with Gasteiger partial charge in [-0.05, 0) is 49.8 Å². The molecule has 0 unspecified atom stereocenters. The van der Waals surface area contributed by atoms with Crippen LogP contribution in [-0.4, -0.2) is 118 Å². The van der Waals surface area contributed by atoms with Crippen molar-refractivity contribution in [1.82, 2.24) is 34.5 Å². The van der Waals surface area contributed by atoms with Crippen molar-refractivity contribution in [2.75, 3.05) is 53.9 Å². The van der Waals surface area contributed by atoms with Crippen LogP contribution in [0.25, 0.3) is 0 Å². The van der Waals surface area contributed by atoms with Crippen molar-refractivity contribution in [3.05, 3.63) is 57.0 Å². The summed E-state index contributed by atoms with van der Waals surface area (Å²) < 4.78 is 54.2. The molecule has 1 aromatic heterocycles. The molecule has 3 amide bonds. The summed E-state index contributed by atoms with van der Waals surface area (Å²) in [6.07, 6.45) is -3.02. The minimum absolute atomic E-state index is 0.0170. The fraction of sp³-hybridized carbons (Fsp3) is 0.581. The van der Waals surface area contributed by atoms with Crippen LogP contribution in [0.15, 0.2) is 23.0 Å². The maximum absolute atomic E-state index is 13.9. The lowest BCUT2D eigenvalue weighted by Crippen LogP contribution is -2.61. The van der Waals surface area contributed by atoms with Crippen LogP contribution < -0.4 is 10.9 Å². The third kappa shape index (κ3) is 6.44. The molecule has 0 spiro atoms. The summed E-state index contributed by atoms with van der Waals surface area (Å²) in [7, 11) is 4.31. The number of benzene rings is 1. The van der Waals surface area contributed by atoms with E-state index in [0.29, 0.717) is 37.1 Å². The molecule has 256 valence electrons. The van der Waals surface area contributed by atoms with Crippen LogP contribution in [0.3, 0.4) is 0 Å². The number of halogens is 4. The summed E-state index contributed by atoms with van der Waals surface area (Å²) in [6, 6.07) is 4.29. The van der Waals surface area contributed by atoms with Crippen molar-refractivity contribution >= 4 is 17.7 Å². The van der Waals surface area contributed by atoms with Crippen LogP contribution in [0.5, 0.6) is 5.75 Å². The Morgan fingerprint density at radius 3 is 2.23 bits per heavy atom. The second kappa shape index (κ2) is 12.5. The van der Waals surface area contributed by atoms with Gasteiger partial charge in [0.25, 0.3) is 11.5 Å². The summed E-state index contributed by atoms with van der Waals surface area (Å²) in [5.41, 5.74) is -2.55. The van der Waals surface area contributed by atoms with Crippen LogP contribution in [-0.2, 0) is 28.2 Å². The number of hydrogen-bond acceptors (Lipinski definition) is 8. The minimum atomic E-state index is -4.33. The van der Waals surface area contributed by atoms with Gasteiger partial charge in [0, 0.05) is 66.0 Å². The summed E-state index contributed by atoms with van der Waals surface area (Å²) in [5, 5.41) is 13.6. The molecule has 0 radical (unpaired) electrons. The Hall–Kier alpha value is -4.05. The van der Waals surface area contributed by atoms with Crippen molar-refractivity contribution in [2.45, 2.75) is 63.0 Å². The van der Waals surface area contributed by atoms with Crippen molar-refractivity contribution in [1.29, 1.82) is 0 Å². The van der Waals surface area contributed by atoms with Crippen molar-refractivity contribution < 1.29 is 37.1 Å². The van der Waals surface area contributed by atoms with Crippen molar-refractivity contribution in [3.63, 3.8) is 0 Å². The minimum Gasteiger partial charge on any atom is -0.501 e. The molecule has 1 aromatic carbocycles. The largest absolute Gasteiger partial charge is 0.501 e. The number of rotatable bonds is 6. The molecule has 16 heteroatoms. The van der Waals surface area contributed by atoms with E-state index < -0.39 is 64.3 Å². The van der Waals surface area contributed by atoms with Gasteiger partial charge in [-0.1, -0.05) is 12.1 Å².